The fraction of sp³-hybridized carbons (Fsp3) is 0.538. The van der Waals surface area contributed by atoms with Gasteiger partial charge in [-0.3, -0.25) is 0 Å². The molecule has 0 unspecified atom stereocenters. The minimum Gasteiger partial charge on any atom is -0.372 e. The second kappa shape index (κ2) is 5.19. The summed E-state index contributed by atoms with van der Waals surface area (Å²) < 4.78 is 5.73. The van der Waals surface area contributed by atoms with Crippen molar-refractivity contribution in [2.24, 2.45) is 0 Å². The first-order valence-corrected chi connectivity index (χ1v) is 6.86. The van der Waals surface area contributed by atoms with Crippen LogP contribution in [-0.2, 0) is 10.1 Å². The second-order valence-electron chi connectivity index (χ2n) is 4.46. The Morgan fingerprint density at radius 3 is 2.25 bits per heavy atom. The minimum absolute atomic E-state index is 0.319. The molecule has 1 heterocycles. The smallest absolute Gasteiger partial charge is 0.0726 e. The zero-order valence-electron chi connectivity index (χ0n) is 9.82. The summed E-state index contributed by atoms with van der Waals surface area (Å²) in [5.74, 6) is 0. The first kappa shape index (κ1) is 11.9. The molecule has 3 heteroatoms. The minimum atomic E-state index is 0.319. The van der Waals surface area contributed by atoms with Gasteiger partial charge in [-0.05, 0) is 31.5 Å². The summed E-state index contributed by atoms with van der Waals surface area (Å²) in [6.07, 6.45) is 0.638. The number of anilines is 1. The number of morpholine rings is 1. The molecule has 0 radical (unpaired) electrons. The molecule has 16 heavy (non-hydrogen) atoms. The van der Waals surface area contributed by atoms with E-state index in [2.05, 4.69) is 58.9 Å². The van der Waals surface area contributed by atoms with Crippen molar-refractivity contribution in [2.75, 3.05) is 18.0 Å². The Morgan fingerprint density at radius 1 is 1.19 bits per heavy atom. The number of nitrogens with zero attached hydrogens (tertiary/aromatic N) is 1. The van der Waals surface area contributed by atoms with Gasteiger partial charge in [0.05, 0.1) is 12.2 Å². The zero-order chi connectivity index (χ0) is 11.5. The van der Waals surface area contributed by atoms with Crippen molar-refractivity contribution < 1.29 is 4.74 Å². The Balaban J connectivity index is 2.10. The first-order valence-electron chi connectivity index (χ1n) is 5.74. The van der Waals surface area contributed by atoms with E-state index in [-0.39, 0.29) is 0 Å². The number of rotatable bonds is 2. The number of hydrogen-bond donors (Lipinski definition) is 0. The molecule has 1 saturated heterocycles. The molecule has 0 spiro atoms. The van der Waals surface area contributed by atoms with Crippen LogP contribution in [0.4, 0.5) is 5.69 Å². The van der Waals surface area contributed by atoms with Gasteiger partial charge in [-0.2, -0.15) is 0 Å². The molecule has 1 aromatic rings. The third kappa shape index (κ3) is 2.77. The van der Waals surface area contributed by atoms with Crippen LogP contribution in [0.15, 0.2) is 24.3 Å². The molecule has 0 amide bonds. The molecule has 2 atom stereocenters. The average molecular weight is 284 g/mol. The van der Waals surface area contributed by atoms with Crippen LogP contribution in [0.1, 0.15) is 19.4 Å². The van der Waals surface area contributed by atoms with Crippen molar-refractivity contribution in [3.05, 3.63) is 29.8 Å². The third-order valence-corrected chi connectivity index (χ3v) is 3.52. The zero-order valence-corrected chi connectivity index (χ0v) is 11.4. The molecule has 0 aromatic heterocycles. The highest BCUT2D eigenvalue weighted by molar-refractivity contribution is 9.08. The number of benzene rings is 1. The molecule has 0 saturated carbocycles. The molecule has 1 aromatic carbocycles. The predicted molar refractivity (Wildman–Crippen MR) is 71.3 cm³/mol. The van der Waals surface area contributed by atoms with Gasteiger partial charge in [0.25, 0.3) is 0 Å². The van der Waals surface area contributed by atoms with Crippen LogP contribution in [0.25, 0.3) is 0 Å². The van der Waals surface area contributed by atoms with Crippen molar-refractivity contribution in [2.45, 2.75) is 31.4 Å². The molecule has 2 rings (SSSR count). The molecule has 0 aliphatic carbocycles. The quantitative estimate of drug-likeness (QED) is 0.773. The first-order chi connectivity index (χ1) is 7.69. The number of ether oxygens (including phenoxy) is 1. The Labute approximate surface area is 106 Å². The van der Waals surface area contributed by atoms with Crippen molar-refractivity contribution in [3.8, 4) is 0 Å². The summed E-state index contributed by atoms with van der Waals surface area (Å²) in [5.41, 5.74) is 2.62. The topological polar surface area (TPSA) is 12.5 Å². The summed E-state index contributed by atoms with van der Waals surface area (Å²) >= 11 is 3.46. The van der Waals surface area contributed by atoms with E-state index in [1.807, 2.05) is 0 Å². The fourth-order valence-corrected chi connectivity index (χ4v) is 2.56. The molecular weight excluding hydrogens is 266 g/mol. The second-order valence-corrected chi connectivity index (χ2v) is 5.02. The summed E-state index contributed by atoms with van der Waals surface area (Å²) in [6, 6.07) is 8.74. The molecule has 1 aliphatic heterocycles. The summed E-state index contributed by atoms with van der Waals surface area (Å²) in [5, 5.41) is 0.920. The van der Waals surface area contributed by atoms with Crippen molar-refractivity contribution in [1.82, 2.24) is 0 Å². The van der Waals surface area contributed by atoms with Crippen LogP contribution in [0.2, 0.25) is 0 Å². The third-order valence-electron chi connectivity index (χ3n) is 2.88. The van der Waals surface area contributed by atoms with Crippen LogP contribution >= 0.6 is 15.9 Å². The van der Waals surface area contributed by atoms with Crippen molar-refractivity contribution >= 4 is 21.6 Å². The van der Waals surface area contributed by atoms with E-state index in [1.165, 1.54) is 11.3 Å². The van der Waals surface area contributed by atoms with E-state index in [1.54, 1.807) is 0 Å². The molecule has 1 aliphatic rings. The fourth-order valence-electron chi connectivity index (χ4n) is 2.18. The standard InChI is InChI=1S/C13H18BrNO/c1-10-8-15(9-11(2)16-10)13-5-3-12(7-14)4-6-13/h3-6,10-11H,7-9H2,1-2H3/t10-,11+. The highest BCUT2D eigenvalue weighted by Crippen LogP contribution is 2.21. The maximum atomic E-state index is 5.73. The lowest BCUT2D eigenvalue weighted by atomic mass is 10.1. The van der Waals surface area contributed by atoms with Gasteiger partial charge in [-0.25, -0.2) is 0 Å². The number of alkyl halides is 1. The van der Waals surface area contributed by atoms with Crippen LogP contribution in [0.3, 0.4) is 0 Å². The molecule has 88 valence electrons. The average Bonchev–Trinajstić information content (AvgIpc) is 2.28. The number of hydrogen-bond acceptors (Lipinski definition) is 2. The van der Waals surface area contributed by atoms with Gasteiger partial charge in [-0.1, -0.05) is 28.1 Å². The molecule has 0 N–H and O–H groups in total. The van der Waals surface area contributed by atoms with Crippen LogP contribution in [0.5, 0.6) is 0 Å². The molecular formula is C13H18BrNO. The van der Waals surface area contributed by atoms with Crippen LogP contribution in [-0.4, -0.2) is 25.3 Å². The Bertz CT molecular complexity index is 328. The van der Waals surface area contributed by atoms with Crippen LogP contribution < -0.4 is 4.90 Å². The van der Waals surface area contributed by atoms with Gasteiger partial charge < -0.3 is 9.64 Å². The van der Waals surface area contributed by atoms with Gasteiger partial charge in [0.1, 0.15) is 0 Å². The molecule has 1 fully saturated rings. The van der Waals surface area contributed by atoms with E-state index in [4.69, 9.17) is 4.74 Å². The van der Waals surface area contributed by atoms with Crippen molar-refractivity contribution in [3.63, 3.8) is 0 Å². The van der Waals surface area contributed by atoms with E-state index in [0.717, 1.165) is 18.4 Å². The largest absolute Gasteiger partial charge is 0.372 e. The van der Waals surface area contributed by atoms with E-state index in [0.29, 0.717) is 12.2 Å². The van der Waals surface area contributed by atoms with E-state index < -0.39 is 0 Å². The molecule has 0 bridgehead atoms. The van der Waals surface area contributed by atoms with Crippen molar-refractivity contribution in [1.29, 1.82) is 0 Å². The number of halogens is 1. The predicted octanol–water partition coefficient (Wildman–Crippen LogP) is 3.20. The lowest BCUT2D eigenvalue weighted by Gasteiger charge is -2.36. The summed E-state index contributed by atoms with van der Waals surface area (Å²) in [7, 11) is 0. The van der Waals surface area contributed by atoms with E-state index in [9.17, 15) is 0 Å². The normalized spacial score (nSPS) is 25.8. The maximum absolute atomic E-state index is 5.73. The Hall–Kier alpha value is -0.540. The highest BCUT2D eigenvalue weighted by Gasteiger charge is 2.22. The maximum Gasteiger partial charge on any atom is 0.0726 e. The highest BCUT2D eigenvalue weighted by atomic mass is 79.9. The van der Waals surface area contributed by atoms with Gasteiger partial charge >= 0.3 is 0 Å². The van der Waals surface area contributed by atoms with E-state index >= 15 is 0 Å². The lowest BCUT2D eigenvalue weighted by molar-refractivity contribution is -0.00521. The van der Waals surface area contributed by atoms with Crippen LogP contribution in [0, 0.1) is 0 Å². The lowest BCUT2D eigenvalue weighted by Crippen LogP contribution is -2.45. The SMILES string of the molecule is C[C@@H]1CN(c2ccc(CBr)cc2)C[C@H](C)O1. The van der Waals surface area contributed by atoms with Gasteiger partial charge in [0.2, 0.25) is 0 Å². The Morgan fingerprint density at radius 2 is 1.75 bits per heavy atom. The van der Waals surface area contributed by atoms with Gasteiger partial charge in [-0.15, -0.1) is 0 Å². The molecule has 2 nitrogen and oxygen atoms in total. The monoisotopic (exact) mass is 283 g/mol. The van der Waals surface area contributed by atoms with Gasteiger partial charge in [0, 0.05) is 24.1 Å². The van der Waals surface area contributed by atoms with Gasteiger partial charge in [0.15, 0.2) is 0 Å². The summed E-state index contributed by atoms with van der Waals surface area (Å²) in [6.45, 7) is 6.24. The Kier molecular flexibility index (Phi) is 3.87. The summed E-state index contributed by atoms with van der Waals surface area (Å²) in [4.78, 5) is 2.40.